The zero-order valence-electron chi connectivity index (χ0n) is 9.27. The Morgan fingerprint density at radius 3 is 2.71 bits per heavy atom. The number of hydrogen-bond donors (Lipinski definition) is 1. The molecule has 0 amide bonds. The Bertz CT molecular complexity index is 543. The number of rotatable bonds is 3. The molecule has 0 aliphatic carbocycles. The van der Waals surface area contributed by atoms with Gasteiger partial charge in [-0.05, 0) is 29.3 Å². The maximum absolute atomic E-state index is 9.23. The summed E-state index contributed by atoms with van der Waals surface area (Å²) in [5.41, 5.74) is 1.78. The highest BCUT2D eigenvalue weighted by Crippen LogP contribution is 2.31. The molecule has 0 aliphatic heterocycles. The van der Waals surface area contributed by atoms with E-state index in [9.17, 15) is 5.26 Å². The highest BCUT2D eigenvalue weighted by Gasteiger charge is 2.15. The van der Waals surface area contributed by atoms with Crippen LogP contribution in [-0.2, 0) is 0 Å². The fourth-order valence-electron chi connectivity index (χ4n) is 1.72. The number of hydrogen-bond acceptors (Lipinski definition) is 2. The predicted octanol–water partition coefficient (Wildman–Crippen LogP) is 3.33. The molecule has 0 saturated carbocycles. The quantitative estimate of drug-likeness (QED) is 0.903. The molecule has 1 unspecified atom stereocenters. The molecule has 1 aromatic carbocycles. The van der Waals surface area contributed by atoms with Crippen molar-refractivity contribution < 1.29 is 4.74 Å². The Morgan fingerprint density at radius 2 is 2.18 bits per heavy atom. The Hall–Kier alpha value is -1.92. The molecule has 0 radical (unpaired) electrons. The number of aromatic amines is 1. The van der Waals surface area contributed by atoms with Crippen LogP contribution in [0.1, 0.15) is 17.0 Å². The van der Waals surface area contributed by atoms with E-state index in [1.807, 2.05) is 18.3 Å². The first-order chi connectivity index (χ1) is 8.26. The summed E-state index contributed by atoms with van der Waals surface area (Å²) >= 11 is 6.05. The third kappa shape index (κ3) is 2.27. The normalized spacial score (nSPS) is 11.8. The maximum Gasteiger partial charge on any atom is 0.137 e. The van der Waals surface area contributed by atoms with E-state index in [-0.39, 0.29) is 5.92 Å². The summed E-state index contributed by atoms with van der Waals surface area (Å²) in [6.45, 7) is 0. The van der Waals surface area contributed by atoms with E-state index in [0.717, 1.165) is 11.1 Å². The van der Waals surface area contributed by atoms with Crippen molar-refractivity contribution in [3.8, 4) is 11.8 Å². The van der Waals surface area contributed by atoms with Gasteiger partial charge in [0.1, 0.15) is 5.75 Å². The monoisotopic (exact) mass is 246 g/mol. The molecule has 17 heavy (non-hydrogen) atoms. The lowest BCUT2D eigenvalue weighted by molar-refractivity contribution is 0.415. The topological polar surface area (TPSA) is 48.8 Å². The Balaban J connectivity index is 2.40. The molecule has 0 fully saturated rings. The lowest BCUT2D eigenvalue weighted by Gasteiger charge is -2.10. The van der Waals surface area contributed by atoms with E-state index in [2.05, 4.69) is 11.1 Å². The van der Waals surface area contributed by atoms with Crippen molar-refractivity contribution in [1.82, 2.24) is 4.98 Å². The van der Waals surface area contributed by atoms with Gasteiger partial charge in [-0.15, -0.1) is 0 Å². The van der Waals surface area contributed by atoms with Crippen LogP contribution in [0.25, 0.3) is 0 Å². The van der Waals surface area contributed by atoms with Crippen LogP contribution in [0.5, 0.6) is 5.75 Å². The molecule has 2 rings (SSSR count). The number of nitrogens with zero attached hydrogens (tertiary/aromatic N) is 1. The Morgan fingerprint density at radius 1 is 1.35 bits per heavy atom. The number of aromatic nitrogens is 1. The predicted molar refractivity (Wildman–Crippen MR) is 66.3 cm³/mol. The van der Waals surface area contributed by atoms with Gasteiger partial charge < -0.3 is 9.72 Å². The minimum absolute atomic E-state index is 0.315. The van der Waals surface area contributed by atoms with Gasteiger partial charge in [0.05, 0.1) is 24.1 Å². The first kappa shape index (κ1) is 11.6. The van der Waals surface area contributed by atoms with Crippen molar-refractivity contribution in [2.75, 3.05) is 7.11 Å². The molecule has 3 nitrogen and oxygen atoms in total. The third-order valence-corrected chi connectivity index (χ3v) is 2.89. The number of nitriles is 1. The first-order valence-electron chi connectivity index (χ1n) is 5.12. The van der Waals surface area contributed by atoms with Gasteiger partial charge in [0.25, 0.3) is 0 Å². The highest BCUT2D eigenvalue weighted by molar-refractivity contribution is 6.32. The van der Waals surface area contributed by atoms with Crippen LogP contribution >= 0.6 is 11.6 Å². The van der Waals surface area contributed by atoms with Gasteiger partial charge in [0, 0.05) is 12.4 Å². The summed E-state index contributed by atoms with van der Waals surface area (Å²) in [5.74, 6) is 0.297. The van der Waals surface area contributed by atoms with Gasteiger partial charge in [0.2, 0.25) is 0 Å². The van der Waals surface area contributed by atoms with E-state index in [4.69, 9.17) is 16.3 Å². The Kier molecular flexibility index (Phi) is 3.36. The molecule has 1 aromatic heterocycles. The van der Waals surface area contributed by atoms with Crippen LogP contribution in [0, 0.1) is 11.3 Å². The standard InChI is InChI=1S/C13H11ClN2O/c1-17-13-3-2-9(6-12(13)14)11(7-15)10-4-5-16-8-10/h2-6,8,11,16H,1H3. The molecule has 0 aliphatic rings. The highest BCUT2D eigenvalue weighted by atomic mass is 35.5. The van der Waals surface area contributed by atoms with Gasteiger partial charge in [-0.25, -0.2) is 0 Å². The molecule has 1 atom stereocenters. The minimum Gasteiger partial charge on any atom is -0.495 e. The molecule has 0 spiro atoms. The second-order valence-electron chi connectivity index (χ2n) is 3.60. The van der Waals surface area contributed by atoms with Crippen LogP contribution < -0.4 is 4.74 Å². The number of halogens is 1. The molecule has 0 saturated heterocycles. The minimum atomic E-state index is -0.315. The summed E-state index contributed by atoms with van der Waals surface area (Å²) in [4.78, 5) is 2.94. The zero-order valence-corrected chi connectivity index (χ0v) is 10.0. The zero-order chi connectivity index (χ0) is 12.3. The van der Waals surface area contributed by atoms with Crippen molar-refractivity contribution in [3.63, 3.8) is 0 Å². The second kappa shape index (κ2) is 4.94. The molecule has 2 aromatic rings. The molecule has 86 valence electrons. The summed E-state index contributed by atoms with van der Waals surface area (Å²) < 4.78 is 5.08. The molecule has 0 bridgehead atoms. The maximum atomic E-state index is 9.23. The van der Waals surface area contributed by atoms with E-state index in [1.165, 1.54) is 0 Å². The fourth-order valence-corrected chi connectivity index (χ4v) is 1.99. The molecule has 1 heterocycles. The summed E-state index contributed by atoms with van der Waals surface area (Å²) in [7, 11) is 1.56. The van der Waals surface area contributed by atoms with Crippen LogP contribution in [0.2, 0.25) is 5.02 Å². The third-order valence-electron chi connectivity index (χ3n) is 2.59. The molecular formula is C13H11ClN2O. The van der Waals surface area contributed by atoms with Crippen molar-refractivity contribution in [1.29, 1.82) is 5.26 Å². The van der Waals surface area contributed by atoms with Crippen molar-refractivity contribution in [2.45, 2.75) is 5.92 Å². The van der Waals surface area contributed by atoms with Crippen LogP contribution in [0.4, 0.5) is 0 Å². The molecule has 4 heteroatoms. The largest absolute Gasteiger partial charge is 0.495 e. The molecule has 1 N–H and O–H groups in total. The summed E-state index contributed by atoms with van der Waals surface area (Å²) in [6, 6.07) is 9.54. The van der Waals surface area contributed by atoms with Gasteiger partial charge in [-0.1, -0.05) is 17.7 Å². The van der Waals surface area contributed by atoms with E-state index in [0.29, 0.717) is 10.8 Å². The van der Waals surface area contributed by atoms with Gasteiger partial charge in [0.15, 0.2) is 0 Å². The number of H-pyrrole nitrogens is 1. The number of benzene rings is 1. The fraction of sp³-hybridized carbons (Fsp3) is 0.154. The number of nitrogens with one attached hydrogen (secondary N) is 1. The lowest BCUT2D eigenvalue weighted by Crippen LogP contribution is -1.97. The van der Waals surface area contributed by atoms with Crippen molar-refractivity contribution in [2.24, 2.45) is 0 Å². The number of ether oxygens (including phenoxy) is 1. The summed E-state index contributed by atoms with van der Waals surface area (Å²) in [5, 5.41) is 9.75. The van der Waals surface area contributed by atoms with Gasteiger partial charge >= 0.3 is 0 Å². The summed E-state index contributed by atoms with van der Waals surface area (Å²) in [6.07, 6.45) is 3.61. The van der Waals surface area contributed by atoms with E-state index < -0.39 is 0 Å². The van der Waals surface area contributed by atoms with Gasteiger partial charge in [-0.3, -0.25) is 0 Å². The average molecular weight is 247 g/mol. The van der Waals surface area contributed by atoms with Crippen molar-refractivity contribution >= 4 is 11.6 Å². The van der Waals surface area contributed by atoms with Crippen LogP contribution in [0.15, 0.2) is 36.7 Å². The van der Waals surface area contributed by atoms with Crippen LogP contribution in [-0.4, -0.2) is 12.1 Å². The lowest BCUT2D eigenvalue weighted by atomic mass is 9.95. The average Bonchev–Trinajstić information content (AvgIpc) is 2.84. The second-order valence-corrected chi connectivity index (χ2v) is 4.01. The number of methoxy groups -OCH3 is 1. The SMILES string of the molecule is COc1ccc(C(C#N)c2cc[nH]c2)cc1Cl. The Labute approximate surface area is 105 Å². The van der Waals surface area contributed by atoms with E-state index >= 15 is 0 Å². The van der Waals surface area contributed by atoms with Crippen molar-refractivity contribution in [3.05, 3.63) is 52.8 Å². The van der Waals surface area contributed by atoms with Crippen LogP contribution in [0.3, 0.4) is 0 Å². The van der Waals surface area contributed by atoms with Gasteiger partial charge in [-0.2, -0.15) is 5.26 Å². The molecular weight excluding hydrogens is 236 g/mol. The first-order valence-corrected chi connectivity index (χ1v) is 5.50. The smallest absolute Gasteiger partial charge is 0.137 e. The van der Waals surface area contributed by atoms with E-state index in [1.54, 1.807) is 25.4 Å².